The highest BCUT2D eigenvalue weighted by Gasteiger charge is 2.31. The van der Waals surface area contributed by atoms with Crippen LogP contribution in [0, 0.1) is 5.92 Å². The molecule has 0 aromatic carbocycles. The molecule has 1 aliphatic heterocycles. The Kier molecular flexibility index (Phi) is 4.65. The summed E-state index contributed by atoms with van der Waals surface area (Å²) in [6.07, 6.45) is 4.78. The Morgan fingerprint density at radius 3 is 2.89 bits per heavy atom. The van der Waals surface area contributed by atoms with Crippen LogP contribution in [0.15, 0.2) is 22.8 Å². The molecule has 0 radical (unpaired) electrons. The van der Waals surface area contributed by atoms with Gasteiger partial charge in [0, 0.05) is 19.1 Å². The summed E-state index contributed by atoms with van der Waals surface area (Å²) in [5, 5.41) is 3.48. The maximum Gasteiger partial charge on any atom is 0.211 e. The summed E-state index contributed by atoms with van der Waals surface area (Å²) in [5.41, 5.74) is 0. The zero-order valence-corrected chi connectivity index (χ0v) is 12.3. The molecule has 1 aromatic heterocycles. The van der Waals surface area contributed by atoms with E-state index in [0.29, 0.717) is 31.6 Å². The summed E-state index contributed by atoms with van der Waals surface area (Å²) in [5.74, 6) is 1.28. The topological polar surface area (TPSA) is 62.6 Å². The second-order valence-corrected chi connectivity index (χ2v) is 7.13. The lowest BCUT2D eigenvalue weighted by molar-refractivity contribution is 0.199. The molecule has 0 aliphatic carbocycles. The minimum absolute atomic E-state index is 0.355. The third-order valence-electron chi connectivity index (χ3n) is 3.81. The highest BCUT2D eigenvalue weighted by atomic mass is 32.2. The van der Waals surface area contributed by atoms with Crippen LogP contribution in [-0.2, 0) is 16.6 Å². The van der Waals surface area contributed by atoms with Crippen molar-refractivity contribution in [1.29, 1.82) is 0 Å². The van der Waals surface area contributed by atoms with E-state index in [2.05, 4.69) is 12.2 Å². The number of hydrogen-bond acceptors (Lipinski definition) is 4. The number of furan rings is 1. The van der Waals surface area contributed by atoms with Crippen molar-refractivity contribution >= 4 is 10.0 Å². The summed E-state index contributed by atoms with van der Waals surface area (Å²) < 4.78 is 30.1. The van der Waals surface area contributed by atoms with E-state index in [4.69, 9.17) is 4.42 Å². The van der Waals surface area contributed by atoms with Crippen LogP contribution in [0.4, 0.5) is 0 Å². The van der Waals surface area contributed by atoms with Crippen LogP contribution >= 0.6 is 0 Å². The van der Waals surface area contributed by atoms with Crippen molar-refractivity contribution < 1.29 is 12.8 Å². The number of piperidine rings is 1. The van der Waals surface area contributed by atoms with E-state index in [1.807, 2.05) is 12.1 Å². The molecular weight excluding hydrogens is 264 g/mol. The smallest absolute Gasteiger partial charge is 0.211 e. The predicted molar refractivity (Wildman–Crippen MR) is 74.2 cm³/mol. The quantitative estimate of drug-likeness (QED) is 0.889. The Morgan fingerprint density at radius 1 is 1.53 bits per heavy atom. The molecule has 0 bridgehead atoms. The predicted octanol–water partition coefficient (Wildman–Crippen LogP) is 1.43. The molecular formula is C13H22N2O3S. The molecule has 1 fully saturated rings. The third kappa shape index (κ3) is 3.81. The summed E-state index contributed by atoms with van der Waals surface area (Å²) in [6, 6.07) is 4.17. The van der Waals surface area contributed by atoms with Gasteiger partial charge >= 0.3 is 0 Å². The van der Waals surface area contributed by atoms with Crippen LogP contribution in [0.2, 0.25) is 0 Å². The van der Waals surface area contributed by atoms with Crippen molar-refractivity contribution in [3.8, 4) is 0 Å². The standard InChI is InChI=1S/C13H22N2O3S/c1-3-11-10-15(19(2,16)17)7-6-13(11)14-9-12-5-4-8-18-12/h4-5,8,11,13-14H,3,6-7,9-10H2,1-2H3. The number of rotatable bonds is 5. The SMILES string of the molecule is CCC1CN(S(C)(=O)=O)CCC1NCc1ccco1. The third-order valence-corrected chi connectivity index (χ3v) is 5.08. The Morgan fingerprint density at radius 2 is 2.32 bits per heavy atom. The second-order valence-electron chi connectivity index (χ2n) is 5.14. The van der Waals surface area contributed by atoms with Crippen LogP contribution in [0.5, 0.6) is 0 Å². The van der Waals surface area contributed by atoms with Gasteiger partial charge in [-0.1, -0.05) is 13.3 Å². The summed E-state index contributed by atoms with van der Waals surface area (Å²) in [4.78, 5) is 0. The molecule has 2 atom stereocenters. The largest absolute Gasteiger partial charge is 0.468 e. The molecule has 2 rings (SSSR count). The highest BCUT2D eigenvalue weighted by Crippen LogP contribution is 2.22. The molecule has 1 saturated heterocycles. The van der Waals surface area contributed by atoms with Crippen molar-refractivity contribution in [1.82, 2.24) is 9.62 Å². The molecule has 108 valence electrons. The number of hydrogen-bond donors (Lipinski definition) is 1. The maximum atomic E-state index is 11.6. The Labute approximate surface area is 115 Å². The molecule has 1 aromatic rings. The van der Waals surface area contributed by atoms with E-state index < -0.39 is 10.0 Å². The van der Waals surface area contributed by atoms with Crippen molar-refractivity contribution in [3.63, 3.8) is 0 Å². The zero-order chi connectivity index (χ0) is 13.9. The highest BCUT2D eigenvalue weighted by molar-refractivity contribution is 7.88. The van der Waals surface area contributed by atoms with E-state index in [9.17, 15) is 8.42 Å². The average molecular weight is 286 g/mol. The van der Waals surface area contributed by atoms with Crippen LogP contribution in [0.3, 0.4) is 0 Å². The number of sulfonamides is 1. The fourth-order valence-corrected chi connectivity index (χ4v) is 3.53. The molecule has 6 heteroatoms. The van der Waals surface area contributed by atoms with Gasteiger partial charge in [-0.05, 0) is 24.5 Å². The first-order valence-electron chi connectivity index (χ1n) is 6.71. The molecule has 0 amide bonds. The van der Waals surface area contributed by atoms with Gasteiger partial charge < -0.3 is 9.73 Å². The minimum Gasteiger partial charge on any atom is -0.468 e. The summed E-state index contributed by atoms with van der Waals surface area (Å²) >= 11 is 0. The minimum atomic E-state index is -3.06. The second kappa shape index (κ2) is 6.07. The van der Waals surface area contributed by atoms with Gasteiger partial charge in [-0.3, -0.25) is 0 Å². The van der Waals surface area contributed by atoms with Crippen LogP contribution in [-0.4, -0.2) is 38.1 Å². The first-order chi connectivity index (χ1) is 9.00. The van der Waals surface area contributed by atoms with E-state index in [1.165, 1.54) is 6.26 Å². The first kappa shape index (κ1) is 14.6. The van der Waals surface area contributed by atoms with Crippen LogP contribution in [0.25, 0.3) is 0 Å². The lowest BCUT2D eigenvalue weighted by Gasteiger charge is -2.37. The number of nitrogens with zero attached hydrogens (tertiary/aromatic N) is 1. The molecule has 2 heterocycles. The average Bonchev–Trinajstić information content (AvgIpc) is 2.88. The lowest BCUT2D eigenvalue weighted by Crippen LogP contribution is -2.50. The van der Waals surface area contributed by atoms with Gasteiger partial charge in [-0.15, -0.1) is 0 Å². The molecule has 2 unspecified atom stereocenters. The van der Waals surface area contributed by atoms with E-state index in [-0.39, 0.29) is 0 Å². The van der Waals surface area contributed by atoms with Gasteiger partial charge in [0.05, 0.1) is 19.1 Å². The molecule has 19 heavy (non-hydrogen) atoms. The van der Waals surface area contributed by atoms with E-state index >= 15 is 0 Å². The van der Waals surface area contributed by atoms with Crippen molar-refractivity contribution in [2.24, 2.45) is 5.92 Å². The van der Waals surface area contributed by atoms with Gasteiger partial charge in [-0.2, -0.15) is 0 Å². The summed E-state index contributed by atoms with van der Waals surface area (Å²) in [7, 11) is -3.06. The van der Waals surface area contributed by atoms with Gasteiger partial charge in [0.1, 0.15) is 5.76 Å². The fraction of sp³-hybridized carbons (Fsp3) is 0.692. The van der Waals surface area contributed by atoms with Crippen molar-refractivity contribution in [3.05, 3.63) is 24.2 Å². The van der Waals surface area contributed by atoms with Crippen molar-refractivity contribution in [2.75, 3.05) is 19.3 Å². The molecule has 0 saturated carbocycles. The normalized spacial score (nSPS) is 25.6. The van der Waals surface area contributed by atoms with E-state index in [0.717, 1.165) is 18.6 Å². The van der Waals surface area contributed by atoms with Gasteiger partial charge in [0.15, 0.2) is 0 Å². The monoisotopic (exact) mass is 286 g/mol. The van der Waals surface area contributed by atoms with Crippen LogP contribution < -0.4 is 5.32 Å². The lowest BCUT2D eigenvalue weighted by atomic mass is 9.91. The van der Waals surface area contributed by atoms with Crippen molar-refractivity contribution in [2.45, 2.75) is 32.4 Å². The van der Waals surface area contributed by atoms with Gasteiger partial charge in [0.25, 0.3) is 0 Å². The number of nitrogens with one attached hydrogen (secondary N) is 1. The van der Waals surface area contributed by atoms with Gasteiger partial charge in [0.2, 0.25) is 10.0 Å². The molecule has 1 N–H and O–H groups in total. The first-order valence-corrected chi connectivity index (χ1v) is 8.56. The zero-order valence-electron chi connectivity index (χ0n) is 11.5. The summed E-state index contributed by atoms with van der Waals surface area (Å²) in [6.45, 7) is 4.03. The molecule has 1 aliphatic rings. The van der Waals surface area contributed by atoms with Gasteiger partial charge in [-0.25, -0.2) is 12.7 Å². The maximum absolute atomic E-state index is 11.6. The van der Waals surface area contributed by atoms with Crippen LogP contribution in [0.1, 0.15) is 25.5 Å². The Bertz CT molecular complexity index is 484. The molecule has 5 nitrogen and oxygen atoms in total. The molecule has 0 spiro atoms. The Balaban J connectivity index is 1.92. The fourth-order valence-electron chi connectivity index (χ4n) is 2.63. The Hall–Kier alpha value is -0.850. The van der Waals surface area contributed by atoms with E-state index in [1.54, 1.807) is 10.6 Å².